The zero-order chi connectivity index (χ0) is 18.4. The van der Waals surface area contributed by atoms with Crippen LogP contribution in [-0.2, 0) is 14.8 Å². The summed E-state index contributed by atoms with van der Waals surface area (Å²) >= 11 is 0. The molecular weight excluding hydrogens is 340 g/mol. The number of nitrogens with zero attached hydrogens (tertiary/aromatic N) is 1. The number of nitrogens with one attached hydrogen (secondary N) is 1. The molecule has 0 spiro atoms. The van der Waals surface area contributed by atoms with Gasteiger partial charge in [-0.2, -0.15) is 0 Å². The van der Waals surface area contributed by atoms with Crippen LogP contribution in [-0.4, -0.2) is 51.6 Å². The second kappa shape index (κ2) is 8.78. The molecule has 1 heterocycles. The molecule has 1 fully saturated rings. The van der Waals surface area contributed by atoms with E-state index in [0.29, 0.717) is 37.8 Å². The third-order valence-electron chi connectivity index (χ3n) is 4.24. The number of morpholine rings is 1. The second-order valence-corrected chi connectivity index (χ2v) is 8.64. The highest BCUT2D eigenvalue weighted by Crippen LogP contribution is 2.15. The number of amides is 1. The van der Waals surface area contributed by atoms with E-state index in [-0.39, 0.29) is 16.8 Å². The average molecular weight is 368 g/mol. The summed E-state index contributed by atoms with van der Waals surface area (Å²) in [5.41, 5.74) is 0.494. The van der Waals surface area contributed by atoms with E-state index in [9.17, 15) is 13.2 Å². The van der Waals surface area contributed by atoms with Crippen molar-refractivity contribution in [3.63, 3.8) is 0 Å². The third-order valence-corrected chi connectivity index (χ3v) is 5.85. The van der Waals surface area contributed by atoms with Crippen LogP contribution in [0.1, 0.15) is 44.0 Å². The Kier molecular flexibility index (Phi) is 6.98. The van der Waals surface area contributed by atoms with Crippen LogP contribution in [0.3, 0.4) is 0 Å². The van der Waals surface area contributed by atoms with Gasteiger partial charge in [0, 0.05) is 24.7 Å². The number of benzene rings is 1. The Labute approximate surface area is 150 Å². The van der Waals surface area contributed by atoms with Gasteiger partial charge in [-0.1, -0.05) is 13.8 Å². The van der Waals surface area contributed by atoms with Gasteiger partial charge in [-0.15, -0.1) is 0 Å². The Hall–Kier alpha value is -1.44. The van der Waals surface area contributed by atoms with E-state index in [2.05, 4.69) is 18.6 Å². The molecule has 1 amide bonds. The first-order valence-corrected chi connectivity index (χ1v) is 10.3. The minimum absolute atomic E-state index is 0.0921. The van der Waals surface area contributed by atoms with Crippen molar-refractivity contribution in [2.75, 3.05) is 26.3 Å². The van der Waals surface area contributed by atoms with Gasteiger partial charge in [0.25, 0.3) is 5.91 Å². The summed E-state index contributed by atoms with van der Waals surface area (Å²) in [6, 6.07) is 6.01. The first kappa shape index (κ1) is 19.9. The number of carbonyl (C=O) groups is 1. The van der Waals surface area contributed by atoms with Gasteiger partial charge in [0.2, 0.25) is 10.0 Å². The maximum atomic E-state index is 12.4. The van der Waals surface area contributed by atoms with E-state index in [4.69, 9.17) is 4.74 Å². The zero-order valence-corrected chi connectivity index (χ0v) is 16.0. The fraction of sp³-hybridized carbons (Fsp3) is 0.611. The normalized spacial score (nSPS) is 16.9. The summed E-state index contributed by atoms with van der Waals surface area (Å²) in [5.74, 6) is 0.447. The molecule has 140 valence electrons. The molecule has 1 saturated heterocycles. The van der Waals surface area contributed by atoms with E-state index in [1.807, 2.05) is 6.92 Å². The highest BCUT2D eigenvalue weighted by atomic mass is 32.2. The lowest BCUT2D eigenvalue weighted by atomic mass is 10.1. The summed E-state index contributed by atoms with van der Waals surface area (Å²) in [6.07, 6.45) is 1.77. The van der Waals surface area contributed by atoms with Gasteiger partial charge in [0.05, 0.1) is 18.1 Å². The number of hydrogen-bond donors (Lipinski definition) is 1. The molecule has 6 nitrogen and oxygen atoms in total. The molecule has 0 saturated carbocycles. The second-order valence-electron chi connectivity index (χ2n) is 6.92. The van der Waals surface area contributed by atoms with E-state index < -0.39 is 10.0 Å². The van der Waals surface area contributed by atoms with Gasteiger partial charge >= 0.3 is 0 Å². The third kappa shape index (κ3) is 5.80. The van der Waals surface area contributed by atoms with Gasteiger partial charge in [0.1, 0.15) is 0 Å². The summed E-state index contributed by atoms with van der Waals surface area (Å²) in [7, 11) is -3.57. The van der Waals surface area contributed by atoms with E-state index in [1.54, 1.807) is 17.0 Å². The van der Waals surface area contributed by atoms with Crippen LogP contribution in [0.4, 0.5) is 0 Å². The zero-order valence-electron chi connectivity index (χ0n) is 15.2. The van der Waals surface area contributed by atoms with Gasteiger partial charge in [-0.3, -0.25) is 4.79 Å². The predicted octanol–water partition coefficient (Wildman–Crippen LogP) is 2.26. The SMILES string of the molecule is CC(C)CCC(C)NS(=O)(=O)c1ccc(C(=O)N2CCOCC2)cc1. The number of rotatable bonds is 7. The van der Waals surface area contributed by atoms with Crippen molar-refractivity contribution < 1.29 is 17.9 Å². The fourth-order valence-corrected chi connectivity index (χ4v) is 3.98. The van der Waals surface area contributed by atoms with Crippen LogP contribution in [0.15, 0.2) is 29.2 Å². The summed E-state index contributed by atoms with van der Waals surface area (Å²) in [5, 5.41) is 0. The van der Waals surface area contributed by atoms with Crippen molar-refractivity contribution in [1.29, 1.82) is 0 Å². The summed E-state index contributed by atoms with van der Waals surface area (Å²) in [6.45, 7) is 8.31. The molecule has 1 unspecified atom stereocenters. The molecule has 0 aromatic heterocycles. The Morgan fingerprint density at radius 1 is 1.12 bits per heavy atom. The van der Waals surface area contributed by atoms with Gasteiger partial charge in [-0.25, -0.2) is 13.1 Å². The predicted molar refractivity (Wildman–Crippen MR) is 97.0 cm³/mol. The van der Waals surface area contributed by atoms with Crippen molar-refractivity contribution in [3.05, 3.63) is 29.8 Å². The minimum atomic E-state index is -3.57. The smallest absolute Gasteiger partial charge is 0.254 e. The van der Waals surface area contributed by atoms with Crippen LogP contribution in [0, 0.1) is 5.92 Å². The molecule has 1 aromatic rings. The van der Waals surface area contributed by atoms with Gasteiger partial charge < -0.3 is 9.64 Å². The molecule has 0 bridgehead atoms. The highest BCUT2D eigenvalue weighted by molar-refractivity contribution is 7.89. The first-order valence-electron chi connectivity index (χ1n) is 8.79. The van der Waals surface area contributed by atoms with Crippen LogP contribution in [0.2, 0.25) is 0 Å². The molecule has 1 aliphatic heterocycles. The molecule has 0 radical (unpaired) electrons. The number of sulfonamides is 1. The largest absolute Gasteiger partial charge is 0.378 e. The van der Waals surface area contributed by atoms with Gasteiger partial charge in [-0.05, 0) is 49.9 Å². The quantitative estimate of drug-likeness (QED) is 0.801. The lowest BCUT2D eigenvalue weighted by molar-refractivity contribution is 0.0303. The topological polar surface area (TPSA) is 75.7 Å². The summed E-state index contributed by atoms with van der Waals surface area (Å²) < 4.78 is 32.8. The van der Waals surface area contributed by atoms with Crippen molar-refractivity contribution in [2.45, 2.75) is 44.6 Å². The molecule has 25 heavy (non-hydrogen) atoms. The molecule has 7 heteroatoms. The van der Waals surface area contributed by atoms with Gasteiger partial charge in [0.15, 0.2) is 0 Å². The number of carbonyl (C=O) groups excluding carboxylic acids is 1. The van der Waals surface area contributed by atoms with E-state index >= 15 is 0 Å². The average Bonchev–Trinajstić information content (AvgIpc) is 2.60. The fourth-order valence-electron chi connectivity index (χ4n) is 2.70. The highest BCUT2D eigenvalue weighted by Gasteiger charge is 2.21. The van der Waals surface area contributed by atoms with Crippen LogP contribution >= 0.6 is 0 Å². The van der Waals surface area contributed by atoms with Crippen molar-refractivity contribution in [2.24, 2.45) is 5.92 Å². The Morgan fingerprint density at radius 3 is 2.28 bits per heavy atom. The van der Waals surface area contributed by atoms with E-state index in [0.717, 1.165) is 12.8 Å². The lowest BCUT2D eigenvalue weighted by Gasteiger charge is -2.26. The van der Waals surface area contributed by atoms with Crippen molar-refractivity contribution in [3.8, 4) is 0 Å². The van der Waals surface area contributed by atoms with Crippen molar-refractivity contribution in [1.82, 2.24) is 9.62 Å². The number of hydrogen-bond acceptors (Lipinski definition) is 4. The van der Waals surface area contributed by atoms with Crippen LogP contribution < -0.4 is 4.72 Å². The van der Waals surface area contributed by atoms with E-state index in [1.165, 1.54) is 12.1 Å². The molecular formula is C18H28N2O4S. The molecule has 1 atom stereocenters. The van der Waals surface area contributed by atoms with Crippen molar-refractivity contribution >= 4 is 15.9 Å². The lowest BCUT2D eigenvalue weighted by Crippen LogP contribution is -2.40. The van der Waals surface area contributed by atoms with Crippen LogP contribution in [0.25, 0.3) is 0 Å². The van der Waals surface area contributed by atoms with Crippen LogP contribution in [0.5, 0.6) is 0 Å². The monoisotopic (exact) mass is 368 g/mol. The molecule has 2 rings (SSSR count). The maximum Gasteiger partial charge on any atom is 0.254 e. The Bertz CT molecular complexity index is 665. The molecule has 1 N–H and O–H groups in total. The minimum Gasteiger partial charge on any atom is -0.378 e. The number of ether oxygens (including phenoxy) is 1. The first-order chi connectivity index (χ1) is 11.8. The Morgan fingerprint density at radius 2 is 1.72 bits per heavy atom. The molecule has 1 aromatic carbocycles. The molecule has 0 aliphatic carbocycles. The Balaban J connectivity index is 2.01. The summed E-state index contributed by atoms with van der Waals surface area (Å²) in [4.78, 5) is 14.3. The maximum absolute atomic E-state index is 12.4. The standard InChI is InChI=1S/C18H28N2O4S/c1-14(2)4-5-15(3)19-25(22,23)17-8-6-16(7-9-17)18(21)20-10-12-24-13-11-20/h6-9,14-15,19H,4-5,10-13H2,1-3H3. The molecule has 1 aliphatic rings.